The predicted octanol–water partition coefficient (Wildman–Crippen LogP) is 2.62. The van der Waals surface area contributed by atoms with Crippen molar-refractivity contribution in [2.24, 2.45) is 0 Å². The number of fused-ring (bicyclic) bond motifs is 1. The Morgan fingerprint density at radius 3 is 3.11 bits per heavy atom. The van der Waals surface area contributed by atoms with E-state index in [2.05, 4.69) is 33.6 Å². The molecule has 0 aliphatic heterocycles. The van der Waals surface area contributed by atoms with Crippen LogP contribution in [0.25, 0.3) is 5.65 Å². The van der Waals surface area contributed by atoms with Crippen molar-refractivity contribution < 1.29 is 4.79 Å². The van der Waals surface area contributed by atoms with E-state index in [9.17, 15) is 4.79 Å². The molecule has 0 atom stereocenters. The van der Waals surface area contributed by atoms with Crippen molar-refractivity contribution in [1.29, 1.82) is 0 Å². The van der Waals surface area contributed by atoms with E-state index in [-0.39, 0.29) is 0 Å². The molecule has 2 heterocycles. The fraction of sp³-hybridized carbons (Fsp3) is 0.154. The number of carbonyl (C=O) groups excluding carboxylic acids is 1. The minimum Gasteiger partial charge on any atom is -0.312 e. The standard InChI is InChI=1S/C13H12N4OS/c18-9-14-11-8-17-12(15-11)6-7-13(16-17)19-10-4-2-1-3-5-10/h2,4-9H,1,3H2,(H,14,18). The summed E-state index contributed by atoms with van der Waals surface area (Å²) in [5, 5.41) is 7.88. The van der Waals surface area contributed by atoms with Gasteiger partial charge in [-0.15, -0.1) is 0 Å². The second kappa shape index (κ2) is 5.27. The van der Waals surface area contributed by atoms with Crippen molar-refractivity contribution >= 4 is 29.6 Å². The number of imidazole rings is 1. The highest BCUT2D eigenvalue weighted by atomic mass is 32.2. The van der Waals surface area contributed by atoms with E-state index in [1.165, 1.54) is 4.91 Å². The Kier molecular flexibility index (Phi) is 3.33. The van der Waals surface area contributed by atoms with Gasteiger partial charge < -0.3 is 5.32 Å². The molecule has 1 aliphatic carbocycles. The largest absolute Gasteiger partial charge is 0.312 e. The van der Waals surface area contributed by atoms with E-state index in [0.717, 1.165) is 17.9 Å². The van der Waals surface area contributed by atoms with Crippen LogP contribution >= 0.6 is 11.8 Å². The summed E-state index contributed by atoms with van der Waals surface area (Å²) < 4.78 is 1.67. The maximum Gasteiger partial charge on any atom is 0.212 e. The number of hydrogen-bond donors (Lipinski definition) is 1. The average Bonchev–Trinajstić information content (AvgIpc) is 2.82. The molecule has 0 aromatic carbocycles. The van der Waals surface area contributed by atoms with Crippen molar-refractivity contribution in [3.8, 4) is 0 Å². The molecule has 1 N–H and O–H groups in total. The Bertz CT molecular complexity index is 674. The van der Waals surface area contributed by atoms with Gasteiger partial charge in [-0.25, -0.2) is 9.50 Å². The summed E-state index contributed by atoms with van der Waals surface area (Å²) in [6, 6.07) is 3.82. The molecule has 1 amide bonds. The number of aromatic nitrogens is 3. The van der Waals surface area contributed by atoms with Crippen LogP contribution in [0, 0.1) is 0 Å². The Balaban J connectivity index is 1.86. The van der Waals surface area contributed by atoms with Gasteiger partial charge in [-0.2, -0.15) is 5.10 Å². The number of amides is 1. The highest BCUT2D eigenvalue weighted by Crippen LogP contribution is 2.28. The lowest BCUT2D eigenvalue weighted by Gasteiger charge is -2.05. The van der Waals surface area contributed by atoms with Gasteiger partial charge in [-0.05, 0) is 25.0 Å². The van der Waals surface area contributed by atoms with Gasteiger partial charge in [0.25, 0.3) is 0 Å². The second-order valence-corrected chi connectivity index (χ2v) is 5.14. The Morgan fingerprint density at radius 1 is 1.37 bits per heavy atom. The molecule has 0 spiro atoms. The van der Waals surface area contributed by atoms with Crippen molar-refractivity contribution in [2.45, 2.75) is 17.9 Å². The average molecular weight is 272 g/mol. The van der Waals surface area contributed by atoms with Crippen LogP contribution < -0.4 is 5.32 Å². The number of nitrogens with one attached hydrogen (secondary N) is 1. The highest BCUT2D eigenvalue weighted by molar-refractivity contribution is 8.03. The number of allylic oxidation sites excluding steroid dienone is 3. The van der Waals surface area contributed by atoms with Gasteiger partial charge in [0.05, 0.1) is 6.20 Å². The first-order valence-corrected chi connectivity index (χ1v) is 6.78. The SMILES string of the molecule is O=CNc1cn2nc(SC3=CCCC=C3)ccc2n1. The minimum absolute atomic E-state index is 0.501. The van der Waals surface area contributed by atoms with E-state index in [0.29, 0.717) is 17.9 Å². The first-order chi connectivity index (χ1) is 9.35. The first-order valence-electron chi connectivity index (χ1n) is 5.96. The summed E-state index contributed by atoms with van der Waals surface area (Å²) in [6.45, 7) is 0. The maximum absolute atomic E-state index is 10.4. The molecule has 5 nitrogen and oxygen atoms in total. The molecule has 1 aliphatic rings. The van der Waals surface area contributed by atoms with Crippen LogP contribution in [0.2, 0.25) is 0 Å². The van der Waals surface area contributed by atoms with Gasteiger partial charge in [0.15, 0.2) is 11.5 Å². The summed E-state index contributed by atoms with van der Waals surface area (Å²) in [7, 11) is 0. The van der Waals surface area contributed by atoms with Crippen LogP contribution in [0.4, 0.5) is 5.82 Å². The van der Waals surface area contributed by atoms with Crippen LogP contribution in [-0.2, 0) is 4.79 Å². The van der Waals surface area contributed by atoms with Crippen molar-refractivity contribution in [1.82, 2.24) is 14.6 Å². The number of anilines is 1. The summed E-state index contributed by atoms with van der Waals surface area (Å²) in [5.41, 5.74) is 0.710. The quantitative estimate of drug-likeness (QED) is 0.869. The fourth-order valence-electron chi connectivity index (χ4n) is 1.83. The summed E-state index contributed by atoms with van der Waals surface area (Å²) in [5.74, 6) is 0.501. The number of rotatable bonds is 4. The molecule has 0 radical (unpaired) electrons. The number of hydrogen-bond acceptors (Lipinski definition) is 4. The van der Waals surface area contributed by atoms with Gasteiger partial charge in [0, 0.05) is 4.91 Å². The molecule has 19 heavy (non-hydrogen) atoms. The van der Waals surface area contributed by atoms with Crippen LogP contribution in [0.5, 0.6) is 0 Å². The molecule has 6 heteroatoms. The third kappa shape index (κ3) is 2.68. The molecule has 0 unspecified atom stereocenters. The molecule has 0 fully saturated rings. The highest BCUT2D eigenvalue weighted by Gasteiger charge is 2.05. The third-order valence-corrected chi connectivity index (χ3v) is 3.65. The molecule has 96 valence electrons. The number of nitrogens with zero attached hydrogens (tertiary/aromatic N) is 3. The zero-order chi connectivity index (χ0) is 13.1. The molecule has 0 saturated carbocycles. The van der Waals surface area contributed by atoms with Crippen molar-refractivity contribution in [3.63, 3.8) is 0 Å². The van der Waals surface area contributed by atoms with Crippen molar-refractivity contribution in [3.05, 3.63) is 41.5 Å². The van der Waals surface area contributed by atoms with Gasteiger partial charge in [0.1, 0.15) is 5.03 Å². The Labute approximate surface area is 114 Å². The monoisotopic (exact) mass is 272 g/mol. The first kappa shape index (κ1) is 12.0. The van der Waals surface area contributed by atoms with Gasteiger partial charge >= 0.3 is 0 Å². The van der Waals surface area contributed by atoms with Gasteiger partial charge in [0.2, 0.25) is 6.41 Å². The normalized spacial score (nSPS) is 14.4. The summed E-state index contributed by atoms with van der Waals surface area (Å²) in [4.78, 5) is 15.8. The van der Waals surface area contributed by atoms with Crippen LogP contribution in [0.1, 0.15) is 12.8 Å². The lowest BCUT2D eigenvalue weighted by molar-refractivity contribution is -0.105. The van der Waals surface area contributed by atoms with E-state index in [4.69, 9.17) is 0 Å². The number of carbonyl (C=O) groups is 1. The van der Waals surface area contributed by atoms with Crippen molar-refractivity contribution in [2.75, 3.05) is 5.32 Å². The molecular weight excluding hydrogens is 260 g/mol. The molecule has 0 bridgehead atoms. The van der Waals surface area contributed by atoms with E-state index >= 15 is 0 Å². The topological polar surface area (TPSA) is 59.3 Å². The van der Waals surface area contributed by atoms with E-state index < -0.39 is 0 Å². The van der Waals surface area contributed by atoms with E-state index in [1.807, 2.05) is 12.1 Å². The smallest absolute Gasteiger partial charge is 0.212 e. The van der Waals surface area contributed by atoms with Gasteiger partial charge in [-0.1, -0.05) is 30.0 Å². The minimum atomic E-state index is 0.501. The van der Waals surface area contributed by atoms with Crippen LogP contribution in [0.3, 0.4) is 0 Å². The molecule has 2 aromatic rings. The molecule has 3 rings (SSSR count). The lowest BCUT2D eigenvalue weighted by atomic mass is 10.2. The number of thioether (sulfide) groups is 1. The zero-order valence-electron chi connectivity index (χ0n) is 10.1. The summed E-state index contributed by atoms with van der Waals surface area (Å²) >= 11 is 1.63. The zero-order valence-corrected chi connectivity index (χ0v) is 10.9. The lowest BCUT2D eigenvalue weighted by Crippen LogP contribution is -1.93. The molecule has 0 saturated heterocycles. The predicted molar refractivity (Wildman–Crippen MR) is 75.0 cm³/mol. The molecular formula is C13H12N4OS. The second-order valence-electron chi connectivity index (χ2n) is 4.05. The summed E-state index contributed by atoms with van der Waals surface area (Å²) in [6.07, 6.45) is 11.0. The van der Waals surface area contributed by atoms with Gasteiger partial charge in [-0.3, -0.25) is 4.79 Å². The van der Waals surface area contributed by atoms with E-state index in [1.54, 1.807) is 22.5 Å². The Morgan fingerprint density at radius 2 is 2.32 bits per heavy atom. The fourth-order valence-corrected chi connectivity index (χ4v) is 2.71. The third-order valence-electron chi connectivity index (χ3n) is 2.69. The molecule has 2 aromatic heterocycles. The van der Waals surface area contributed by atoms with Crippen LogP contribution in [0.15, 0.2) is 46.5 Å². The maximum atomic E-state index is 10.4. The van der Waals surface area contributed by atoms with Crippen LogP contribution in [-0.4, -0.2) is 21.0 Å². The Hall–Kier alpha value is -2.08.